The van der Waals surface area contributed by atoms with Crippen LogP contribution in [0, 0.1) is 0 Å². The maximum Gasteiger partial charge on any atom is 0.341 e. The average molecular weight is 280 g/mol. The summed E-state index contributed by atoms with van der Waals surface area (Å²) in [6.45, 7) is 3.71. The molecule has 0 amide bonds. The van der Waals surface area contributed by atoms with Gasteiger partial charge in [-0.3, -0.25) is 4.90 Å². The minimum atomic E-state index is -0.338. The summed E-state index contributed by atoms with van der Waals surface area (Å²) in [4.78, 5) is 14.0. The Balaban J connectivity index is 2.03. The van der Waals surface area contributed by atoms with Gasteiger partial charge in [-0.2, -0.15) is 0 Å². The lowest BCUT2D eigenvalue weighted by atomic mass is 9.90. The van der Waals surface area contributed by atoms with Crippen LogP contribution < -0.4 is 5.73 Å². The first-order chi connectivity index (χ1) is 9.65. The fourth-order valence-corrected chi connectivity index (χ4v) is 2.91. The highest BCUT2D eigenvalue weighted by Crippen LogP contribution is 2.24. The van der Waals surface area contributed by atoms with E-state index in [1.54, 1.807) is 12.3 Å². The van der Waals surface area contributed by atoms with Gasteiger partial charge in [-0.15, -0.1) is 0 Å². The van der Waals surface area contributed by atoms with Crippen LogP contribution in [-0.2, 0) is 11.3 Å². The van der Waals surface area contributed by atoms with Crippen LogP contribution in [0.1, 0.15) is 48.7 Å². The number of rotatable bonds is 5. The molecular formula is C15H24N2O3. The molecule has 0 spiro atoms. The molecule has 1 aromatic rings. The predicted molar refractivity (Wildman–Crippen MR) is 76.4 cm³/mol. The molecule has 0 saturated heterocycles. The molecule has 112 valence electrons. The van der Waals surface area contributed by atoms with Crippen molar-refractivity contribution in [3.05, 3.63) is 23.7 Å². The fourth-order valence-electron chi connectivity index (χ4n) is 2.91. The fraction of sp³-hybridized carbons (Fsp3) is 0.667. The number of carbonyl (C=O) groups is 1. The third-order valence-corrected chi connectivity index (χ3v) is 4.16. The maximum atomic E-state index is 11.7. The highest BCUT2D eigenvalue weighted by atomic mass is 16.5. The highest BCUT2D eigenvalue weighted by Gasteiger charge is 2.25. The molecule has 0 radical (unpaired) electrons. The van der Waals surface area contributed by atoms with Crippen molar-refractivity contribution in [3.8, 4) is 0 Å². The van der Waals surface area contributed by atoms with Crippen molar-refractivity contribution < 1.29 is 13.9 Å². The monoisotopic (exact) mass is 280 g/mol. The molecule has 1 aliphatic carbocycles. The Bertz CT molecular complexity index is 436. The maximum absolute atomic E-state index is 11.7. The third kappa shape index (κ3) is 3.41. The topological polar surface area (TPSA) is 68.7 Å². The number of furan rings is 1. The van der Waals surface area contributed by atoms with Gasteiger partial charge in [-0.25, -0.2) is 4.79 Å². The van der Waals surface area contributed by atoms with Crippen molar-refractivity contribution in [2.75, 3.05) is 13.7 Å². The van der Waals surface area contributed by atoms with E-state index in [-0.39, 0.29) is 5.97 Å². The van der Waals surface area contributed by atoms with Gasteiger partial charge in [0.25, 0.3) is 0 Å². The number of esters is 1. The Hall–Kier alpha value is -1.33. The van der Waals surface area contributed by atoms with E-state index in [0.717, 1.165) is 32.2 Å². The lowest BCUT2D eigenvalue weighted by Crippen LogP contribution is -2.40. The van der Waals surface area contributed by atoms with Crippen LogP contribution in [0.3, 0.4) is 0 Å². The van der Waals surface area contributed by atoms with Crippen LogP contribution in [0.2, 0.25) is 0 Å². The van der Waals surface area contributed by atoms with Gasteiger partial charge >= 0.3 is 5.97 Å². The molecule has 20 heavy (non-hydrogen) atoms. The zero-order valence-corrected chi connectivity index (χ0v) is 12.3. The van der Waals surface area contributed by atoms with Gasteiger partial charge in [0.1, 0.15) is 11.3 Å². The summed E-state index contributed by atoms with van der Waals surface area (Å²) in [5.41, 5.74) is 6.48. The van der Waals surface area contributed by atoms with Crippen LogP contribution in [0.25, 0.3) is 0 Å². The average Bonchev–Trinajstić information content (AvgIpc) is 2.93. The molecule has 1 heterocycles. The second kappa shape index (κ2) is 6.90. The second-order valence-corrected chi connectivity index (χ2v) is 5.38. The zero-order valence-electron chi connectivity index (χ0n) is 12.3. The first-order valence-electron chi connectivity index (χ1n) is 7.30. The van der Waals surface area contributed by atoms with E-state index in [4.69, 9.17) is 14.9 Å². The first-order valence-corrected chi connectivity index (χ1v) is 7.30. The number of methoxy groups -OCH3 is 1. The number of hydrogen-bond acceptors (Lipinski definition) is 5. The molecule has 1 fully saturated rings. The Kier molecular flexibility index (Phi) is 5.20. The van der Waals surface area contributed by atoms with E-state index in [1.165, 1.54) is 7.11 Å². The van der Waals surface area contributed by atoms with Gasteiger partial charge < -0.3 is 14.9 Å². The van der Waals surface area contributed by atoms with Crippen molar-refractivity contribution in [3.63, 3.8) is 0 Å². The molecule has 0 aromatic carbocycles. The lowest BCUT2D eigenvalue weighted by Gasteiger charge is -2.35. The van der Waals surface area contributed by atoms with Crippen LogP contribution in [0.5, 0.6) is 0 Å². The van der Waals surface area contributed by atoms with Crippen molar-refractivity contribution in [1.29, 1.82) is 0 Å². The van der Waals surface area contributed by atoms with Gasteiger partial charge in [0.05, 0.1) is 19.9 Å². The molecule has 0 unspecified atom stereocenters. The number of hydrogen-bond donors (Lipinski definition) is 1. The van der Waals surface area contributed by atoms with Crippen molar-refractivity contribution in [2.24, 2.45) is 5.73 Å². The zero-order chi connectivity index (χ0) is 14.5. The molecule has 2 N–H and O–H groups in total. The Morgan fingerprint density at radius 2 is 2.15 bits per heavy atom. The van der Waals surface area contributed by atoms with Gasteiger partial charge in [-0.1, -0.05) is 6.92 Å². The summed E-state index contributed by atoms with van der Waals surface area (Å²) < 4.78 is 10.2. The van der Waals surface area contributed by atoms with Gasteiger partial charge in [0, 0.05) is 12.1 Å². The summed E-state index contributed by atoms with van der Waals surface area (Å²) in [5, 5.41) is 0. The third-order valence-electron chi connectivity index (χ3n) is 4.16. The Labute approximate surface area is 120 Å². The smallest absolute Gasteiger partial charge is 0.341 e. The standard InChI is InChI=1S/C15H24N2O3/c1-3-17(12-6-4-11(16)5-7-12)10-14-13(8-9-20-14)15(18)19-2/h8-9,11-12H,3-7,10,16H2,1-2H3. The van der Waals surface area contributed by atoms with E-state index in [1.807, 2.05) is 0 Å². The van der Waals surface area contributed by atoms with Crippen LogP contribution in [-0.4, -0.2) is 36.6 Å². The number of nitrogens with two attached hydrogens (primary N) is 1. The summed E-state index contributed by atoms with van der Waals surface area (Å²) in [6, 6.07) is 2.54. The van der Waals surface area contributed by atoms with E-state index in [9.17, 15) is 4.79 Å². The number of nitrogens with zero attached hydrogens (tertiary/aromatic N) is 1. The molecule has 2 rings (SSSR count). The summed E-state index contributed by atoms with van der Waals surface area (Å²) >= 11 is 0. The molecule has 0 aliphatic heterocycles. The van der Waals surface area contributed by atoms with Gasteiger partial charge in [-0.05, 0) is 38.3 Å². The molecule has 1 aliphatic rings. The Morgan fingerprint density at radius 3 is 2.75 bits per heavy atom. The number of ether oxygens (including phenoxy) is 1. The largest absolute Gasteiger partial charge is 0.467 e. The molecule has 1 saturated carbocycles. The van der Waals surface area contributed by atoms with Gasteiger partial charge in [0.15, 0.2) is 0 Å². The summed E-state index contributed by atoms with van der Waals surface area (Å²) in [7, 11) is 1.39. The first kappa shape index (κ1) is 15.1. The molecule has 0 atom stereocenters. The molecule has 5 heteroatoms. The number of carbonyl (C=O) groups excluding carboxylic acids is 1. The van der Waals surface area contributed by atoms with Crippen molar-refractivity contribution >= 4 is 5.97 Å². The highest BCUT2D eigenvalue weighted by molar-refractivity contribution is 5.90. The van der Waals surface area contributed by atoms with Crippen molar-refractivity contribution in [1.82, 2.24) is 4.90 Å². The second-order valence-electron chi connectivity index (χ2n) is 5.38. The SMILES string of the molecule is CCN(Cc1occc1C(=O)OC)C1CCC(N)CC1. The quantitative estimate of drug-likeness (QED) is 0.837. The summed E-state index contributed by atoms with van der Waals surface area (Å²) in [6.07, 6.45) is 5.92. The predicted octanol–water partition coefficient (Wildman–Crippen LogP) is 2.16. The Morgan fingerprint density at radius 1 is 1.45 bits per heavy atom. The van der Waals surface area contributed by atoms with Crippen LogP contribution >= 0.6 is 0 Å². The van der Waals surface area contributed by atoms with E-state index in [0.29, 0.717) is 30.0 Å². The minimum absolute atomic E-state index is 0.338. The molecule has 5 nitrogen and oxygen atoms in total. The van der Waals surface area contributed by atoms with Crippen LogP contribution in [0.4, 0.5) is 0 Å². The van der Waals surface area contributed by atoms with E-state index >= 15 is 0 Å². The van der Waals surface area contributed by atoms with E-state index < -0.39 is 0 Å². The normalized spacial score (nSPS) is 23.0. The summed E-state index contributed by atoms with van der Waals surface area (Å²) in [5.74, 6) is 0.351. The lowest BCUT2D eigenvalue weighted by molar-refractivity contribution is 0.0594. The van der Waals surface area contributed by atoms with Gasteiger partial charge in [0.2, 0.25) is 0 Å². The molecule has 0 bridgehead atoms. The van der Waals surface area contributed by atoms with Crippen molar-refractivity contribution in [2.45, 2.75) is 51.2 Å². The minimum Gasteiger partial charge on any atom is -0.467 e. The molecular weight excluding hydrogens is 256 g/mol. The van der Waals surface area contributed by atoms with Crippen LogP contribution in [0.15, 0.2) is 16.7 Å². The van der Waals surface area contributed by atoms with E-state index in [2.05, 4.69) is 11.8 Å². The molecule has 1 aromatic heterocycles.